The van der Waals surface area contributed by atoms with Gasteiger partial charge < -0.3 is 20.1 Å². The Hall–Kier alpha value is -1.95. The van der Waals surface area contributed by atoms with Crippen LogP contribution in [0.2, 0.25) is 0 Å². The summed E-state index contributed by atoms with van der Waals surface area (Å²) < 4.78 is 11.0. The number of methoxy groups -OCH3 is 1. The predicted octanol–water partition coefficient (Wildman–Crippen LogP) is 2.65. The first kappa shape index (κ1) is 19.8. The molecule has 1 aromatic carbocycles. The van der Waals surface area contributed by atoms with E-state index in [0.29, 0.717) is 19.2 Å². The van der Waals surface area contributed by atoms with E-state index in [0.717, 1.165) is 36.6 Å². The molecule has 3 rings (SSSR count). The standard InChI is InChI=1S/C21H34N4O2/c1-3-22-21(23-12-14-27-20-10-6-9-19(15-20)26-2)24-17-11-13-25(16-17)18-7-4-5-8-18/h6,9-10,15,17-18H,3-5,7-8,11-14,16H2,1-2H3,(H2,22,23,24). The summed E-state index contributed by atoms with van der Waals surface area (Å²) in [6.45, 7) is 6.47. The lowest BCUT2D eigenvalue weighted by atomic mass is 10.2. The predicted molar refractivity (Wildman–Crippen MR) is 110 cm³/mol. The summed E-state index contributed by atoms with van der Waals surface area (Å²) in [6, 6.07) is 8.97. The zero-order chi connectivity index (χ0) is 18.9. The van der Waals surface area contributed by atoms with Crippen LogP contribution in [0.5, 0.6) is 11.5 Å². The fourth-order valence-corrected chi connectivity index (χ4v) is 4.03. The van der Waals surface area contributed by atoms with E-state index in [9.17, 15) is 0 Å². The van der Waals surface area contributed by atoms with E-state index >= 15 is 0 Å². The number of likely N-dealkylation sites (tertiary alicyclic amines) is 1. The number of nitrogens with one attached hydrogen (secondary N) is 2. The molecule has 1 saturated heterocycles. The number of nitrogens with zero attached hydrogens (tertiary/aromatic N) is 2. The molecule has 0 bridgehead atoms. The molecule has 27 heavy (non-hydrogen) atoms. The van der Waals surface area contributed by atoms with Crippen molar-refractivity contribution in [2.24, 2.45) is 4.99 Å². The number of hydrogen-bond donors (Lipinski definition) is 2. The molecule has 1 atom stereocenters. The number of ether oxygens (including phenoxy) is 2. The van der Waals surface area contributed by atoms with Crippen LogP contribution in [0.25, 0.3) is 0 Å². The Bertz CT molecular complexity index is 602. The van der Waals surface area contributed by atoms with Crippen molar-refractivity contribution < 1.29 is 9.47 Å². The topological polar surface area (TPSA) is 58.1 Å². The second-order valence-corrected chi connectivity index (χ2v) is 7.35. The van der Waals surface area contributed by atoms with Gasteiger partial charge in [-0.3, -0.25) is 4.90 Å². The number of hydrogen-bond acceptors (Lipinski definition) is 4. The van der Waals surface area contributed by atoms with Gasteiger partial charge in [-0.25, -0.2) is 4.99 Å². The summed E-state index contributed by atoms with van der Waals surface area (Å²) in [5, 5.41) is 6.96. The molecule has 1 aromatic rings. The van der Waals surface area contributed by atoms with Gasteiger partial charge in [0.15, 0.2) is 5.96 Å². The van der Waals surface area contributed by atoms with Crippen molar-refractivity contribution in [3.05, 3.63) is 24.3 Å². The summed E-state index contributed by atoms with van der Waals surface area (Å²) in [5.41, 5.74) is 0. The average molecular weight is 375 g/mol. The lowest BCUT2D eigenvalue weighted by Crippen LogP contribution is -2.45. The number of benzene rings is 1. The van der Waals surface area contributed by atoms with Crippen LogP contribution in [0.1, 0.15) is 39.0 Å². The maximum atomic E-state index is 5.78. The molecule has 2 aliphatic rings. The molecule has 1 unspecified atom stereocenters. The van der Waals surface area contributed by atoms with Crippen LogP contribution in [-0.4, -0.2) is 62.8 Å². The Morgan fingerprint density at radius 1 is 1.22 bits per heavy atom. The maximum absolute atomic E-state index is 5.78. The molecule has 2 N–H and O–H groups in total. The highest BCUT2D eigenvalue weighted by molar-refractivity contribution is 5.80. The summed E-state index contributed by atoms with van der Waals surface area (Å²) in [7, 11) is 1.66. The zero-order valence-electron chi connectivity index (χ0n) is 16.7. The molecule has 150 valence electrons. The van der Waals surface area contributed by atoms with E-state index in [1.165, 1.54) is 38.6 Å². The first-order valence-electron chi connectivity index (χ1n) is 10.3. The van der Waals surface area contributed by atoms with Gasteiger partial charge in [-0.05, 0) is 38.3 Å². The summed E-state index contributed by atoms with van der Waals surface area (Å²) in [4.78, 5) is 7.34. The molecule has 0 aromatic heterocycles. The summed E-state index contributed by atoms with van der Waals surface area (Å²) in [5.74, 6) is 2.51. The van der Waals surface area contributed by atoms with Gasteiger partial charge in [0, 0.05) is 37.8 Å². The first-order valence-corrected chi connectivity index (χ1v) is 10.3. The number of guanidine groups is 1. The highest BCUT2D eigenvalue weighted by atomic mass is 16.5. The van der Waals surface area contributed by atoms with E-state index in [-0.39, 0.29) is 0 Å². The van der Waals surface area contributed by atoms with E-state index in [4.69, 9.17) is 9.47 Å². The Kier molecular flexibility index (Phi) is 7.63. The van der Waals surface area contributed by atoms with Crippen molar-refractivity contribution in [3.63, 3.8) is 0 Å². The molecule has 6 nitrogen and oxygen atoms in total. The summed E-state index contributed by atoms with van der Waals surface area (Å²) in [6.07, 6.45) is 6.75. The largest absolute Gasteiger partial charge is 0.497 e. The van der Waals surface area contributed by atoms with Crippen molar-refractivity contribution in [1.29, 1.82) is 0 Å². The van der Waals surface area contributed by atoms with Crippen LogP contribution in [0.3, 0.4) is 0 Å². The third-order valence-corrected chi connectivity index (χ3v) is 5.42. The van der Waals surface area contributed by atoms with Gasteiger partial charge in [-0.15, -0.1) is 0 Å². The molecule has 1 aliphatic heterocycles. The first-order chi connectivity index (χ1) is 13.3. The quantitative estimate of drug-likeness (QED) is 0.416. The van der Waals surface area contributed by atoms with Gasteiger partial charge in [0.05, 0.1) is 13.7 Å². The molecule has 1 heterocycles. The fraction of sp³-hybridized carbons (Fsp3) is 0.667. The Balaban J connectivity index is 1.43. The SMILES string of the molecule is CCNC(=NCCOc1cccc(OC)c1)NC1CCN(C2CCCC2)C1. The lowest BCUT2D eigenvalue weighted by Gasteiger charge is -2.24. The van der Waals surface area contributed by atoms with Gasteiger partial charge in [-0.2, -0.15) is 0 Å². The number of aliphatic imine (C=N–C) groups is 1. The minimum Gasteiger partial charge on any atom is -0.497 e. The Labute approximate surface area is 163 Å². The smallest absolute Gasteiger partial charge is 0.191 e. The van der Waals surface area contributed by atoms with Crippen molar-refractivity contribution in [3.8, 4) is 11.5 Å². The van der Waals surface area contributed by atoms with Gasteiger partial charge in [-0.1, -0.05) is 18.9 Å². The maximum Gasteiger partial charge on any atom is 0.191 e. The third kappa shape index (κ3) is 6.03. The molecular formula is C21H34N4O2. The van der Waals surface area contributed by atoms with Crippen LogP contribution in [0.15, 0.2) is 29.3 Å². The Morgan fingerprint density at radius 2 is 2.04 bits per heavy atom. The van der Waals surface area contributed by atoms with Gasteiger partial charge in [0.1, 0.15) is 18.1 Å². The molecule has 2 fully saturated rings. The highest BCUT2D eigenvalue weighted by Crippen LogP contribution is 2.26. The van der Waals surface area contributed by atoms with Gasteiger partial charge in [0.25, 0.3) is 0 Å². The molecule has 0 radical (unpaired) electrons. The Morgan fingerprint density at radius 3 is 2.81 bits per heavy atom. The van der Waals surface area contributed by atoms with Crippen molar-refractivity contribution in [2.75, 3.05) is 39.9 Å². The lowest BCUT2D eigenvalue weighted by molar-refractivity contribution is 0.242. The monoisotopic (exact) mass is 374 g/mol. The highest BCUT2D eigenvalue weighted by Gasteiger charge is 2.30. The fourth-order valence-electron chi connectivity index (χ4n) is 4.03. The normalized spacial score (nSPS) is 21.4. The minimum absolute atomic E-state index is 0.489. The minimum atomic E-state index is 0.489. The van der Waals surface area contributed by atoms with Crippen LogP contribution in [-0.2, 0) is 0 Å². The molecule has 1 aliphatic carbocycles. The molecular weight excluding hydrogens is 340 g/mol. The van der Waals surface area contributed by atoms with Crippen molar-refractivity contribution in [2.45, 2.75) is 51.1 Å². The van der Waals surface area contributed by atoms with E-state index in [1.807, 2.05) is 24.3 Å². The van der Waals surface area contributed by atoms with Crippen LogP contribution in [0.4, 0.5) is 0 Å². The second kappa shape index (κ2) is 10.4. The second-order valence-electron chi connectivity index (χ2n) is 7.35. The third-order valence-electron chi connectivity index (χ3n) is 5.42. The molecule has 0 amide bonds. The molecule has 6 heteroatoms. The molecule has 0 spiro atoms. The summed E-state index contributed by atoms with van der Waals surface area (Å²) >= 11 is 0. The number of rotatable bonds is 8. The van der Waals surface area contributed by atoms with Crippen molar-refractivity contribution >= 4 is 5.96 Å². The van der Waals surface area contributed by atoms with Crippen LogP contribution in [0, 0.1) is 0 Å². The van der Waals surface area contributed by atoms with Crippen LogP contribution >= 0.6 is 0 Å². The van der Waals surface area contributed by atoms with Gasteiger partial charge in [0.2, 0.25) is 0 Å². The van der Waals surface area contributed by atoms with E-state index in [1.54, 1.807) is 7.11 Å². The molecule has 1 saturated carbocycles. The van der Waals surface area contributed by atoms with Crippen LogP contribution < -0.4 is 20.1 Å². The van der Waals surface area contributed by atoms with E-state index < -0.39 is 0 Å². The average Bonchev–Trinajstić information content (AvgIpc) is 3.37. The van der Waals surface area contributed by atoms with Gasteiger partial charge >= 0.3 is 0 Å². The van der Waals surface area contributed by atoms with E-state index in [2.05, 4.69) is 27.4 Å². The zero-order valence-corrected chi connectivity index (χ0v) is 16.7. The van der Waals surface area contributed by atoms with Crippen molar-refractivity contribution in [1.82, 2.24) is 15.5 Å².